The van der Waals surface area contributed by atoms with Crippen molar-refractivity contribution in [1.82, 2.24) is 35.1 Å². The highest BCUT2D eigenvalue weighted by Gasteiger charge is 2.30. The summed E-state index contributed by atoms with van der Waals surface area (Å²) in [5, 5.41) is 26.5. The summed E-state index contributed by atoms with van der Waals surface area (Å²) in [4.78, 5) is 62.2. The number of benzene rings is 4. The van der Waals surface area contributed by atoms with Crippen molar-refractivity contribution in [2.24, 2.45) is 0 Å². The van der Waals surface area contributed by atoms with Gasteiger partial charge in [0.1, 0.15) is 10.0 Å². The molecule has 0 spiro atoms. The van der Waals surface area contributed by atoms with Crippen molar-refractivity contribution in [1.29, 1.82) is 0 Å². The molecule has 6 aromatic rings. The van der Waals surface area contributed by atoms with Gasteiger partial charge in [0.05, 0.1) is 39.9 Å². The van der Waals surface area contributed by atoms with Gasteiger partial charge in [-0.1, -0.05) is 93.6 Å². The van der Waals surface area contributed by atoms with Crippen molar-refractivity contribution < 1.29 is 28.7 Å². The lowest BCUT2D eigenvalue weighted by Crippen LogP contribution is -2.44. The number of halogens is 1. The minimum Gasteiger partial charge on any atom is -0.469 e. The second-order valence-electron chi connectivity index (χ2n) is 20.9. The van der Waals surface area contributed by atoms with Gasteiger partial charge in [0.25, 0.3) is 0 Å². The molecule has 1 saturated carbocycles. The third kappa shape index (κ3) is 18.3. The molecule has 5 heterocycles. The quantitative estimate of drug-likeness (QED) is 0.0943. The first-order valence-corrected chi connectivity index (χ1v) is 29.9. The van der Waals surface area contributed by atoms with Crippen LogP contribution in [-0.2, 0) is 54.3 Å². The van der Waals surface area contributed by atoms with E-state index in [1.807, 2.05) is 60.7 Å². The second-order valence-corrected chi connectivity index (χ2v) is 23.9. The standard InChI is InChI=1S/C36H46N10O2S2.C14H20N2O2.C9H9BrO2/c1-43-12-16-45(17-13-43)29-10-3-6-25(20-29)22-31(47)37-35-41-39-33(49-35)27-8-5-9-28(24-27)34-40-42-36(50-34)38-32(48)23-26-7-4-11-30(21-26)46-18-14-44(2)15-19-46;1-15-6-8-16(9-7-15)13-5-3-4-12(10-13)11-14(17)18-2;1-12-9(11)6-7-3-2-4-8(10)5-7/h3-4,6-7,10-11,20-21,27-28H,5,8-9,12-19,22-24H2,1-2H3,(H,37,41,47)(H,38,42,48);3-5,10H,6-9,11H2,1-2H3;2-5H,6H2,1H3/t27-,28-;;/m0../s1. The zero-order valence-electron chi connectivity index (χ0n) is 46.7. The molecule has 2 atom stereocenters. The van der Waals surface area contributed by atoms with Gasteiger partial charge < -0.3 is 49.5 Å². The summed E-state index contributed by atoms with van der Waals surface area (Å²) in [6, 6.07) is 32.3. The number of carbonyl (C=O) groups excluding carboxylic acids is 4. The SMILES string of the molecule is CN1CCN(c2cccc(CC(=O)Nc3nnc([C@H]4CCC[C@H](c5nnc(NC(=O)Cc6cccc(N7CCN(C)CC7)c6)s5)C4)s3)c2)CC1.COC(=O)Cc1cccc(Br)c1.COC(=O)Cc1cccc(N2CCN(C)CC2)c1. The molecule has 4 aliphatic rings. The van der Waals surface area contributed by atoms with Crippen LogP contribution in [0.4, 0.5) is 27.3 Å². The van der Waals surface area contributed by atoms with E-state index in [-0.39, 0.29) is 35.6 Å². The highest BCUT2D eigenvalue weighted by Crippen LogP contribution is 2.43. The zero-order valence-corrected chi connectivity index (χ0v) is 49.9. The van der Waals surface area contributed by atoms with Crippen molar-refractivity contribution in [2.75, 3.05) is 139 Å². The number of piperazine rings is 3. The van der Waals surface area contributed by atoms with Crippen LogP contribution in [0.2, 0.25) is 0 Å². The van der Waals surface area contributed by atoms with Gasteiger partial charge in [-0.25, -0.2) is 0 Å². The Morgan fingerprint density at radius 1 is 0.500 bits per heavy atom. The van der Waals surface area contributed by atoms with Gasteiger partial charge in [-0.2, -0.15) is 0 Å². The fourth-order valence-corrected chi connectivity index (χ4v) is 12.4. The molecule has 2 aromatic heterocycles. The molecule has 21 heteroatoms. The van der Waals surface area contributed by atoms with Crippen LogP contribution in [0.25, 0.3) is 0 Å². The smallest absolute Gasteiger partial charge is 0.309 e. The molecule has 0 bridgehead atoms. The number of esters is 2. The maximum atomic E-state index is 13.0. The van der Waals surface area contributed by atoms with Crippen LogP contribution in [0.15, 0.2) is 102 Å². The molecular weight excluding hydrogens is 1120 g/mol. The summed E-state index contributed by atoms with van der Waals surface area (Å²) in [6.45, 7) is 12.4. The Balaban J connectivity index is 0.000000227. The van der Waals surface area contributed by atoms with Gasteiger partial charge in [-0.3, -0.25) is 19.2 Å². The number of nitrogens with one attached hydrogen (secondary N) is 2. The number of anilines is 5. The summed E-state index contributed by atoms with van der Waals surface area (Å²) in [5.74, 6) is -0.0937. The Morgan fingerprint density at radius 3 is 1.21 bits per heavy atom. The third-order valence-electron chi connectivity index (χ3n) is 14.9. The average molecular weight is 1190 g/mol. The van der Waals surface area contributed by atoms with E-state index in [2.05, 4.69) is 139 Å². The lowest BCUT2D eigenvalue weighted by molar-refractivity contribution is -0.140. The number of amides is 2. The van der Waals surface area contributed by atoms with Crippen molar-refractivity contribution in [3.8, 4) is 0 Å². The molecule has 4 fully saturated rings. The summed E-state index contributed by atoms with van der Waals surface area (Å²) in [6.07, 6.45) is 5.24. The van der Waals surface area contributed by atoms with Crippen LogP contribution in [0.5, 0.6) is 0 Å². The fraction of sp³-hybridized carbons (Fsp3) is 0.458. The molecule has 18 nitrogen and oxygen atoms in total. The number of ether oxygens (including phenoxy) is 2. The first kappa shape index (κ1) is 59.8. The number of likely N-dealkylation sites (N-methyl/N-ethyl adjacent to an activating group) is 3. The van der Waals surface area contributed by atoms with E-state index in [9.17, 15) is 19.2 Å². The fourth-order valence-electron chi connectivity index (χ4n) is 10.1. The minimum absolute atomic E-state index is 0.0871. The van der Waals surface area contributed by atoms with Gasteiger partial charge in [0.2, 0.25) is 22.1 Å². The maximum absolute atomic E-state index is 13.0. The molecule has 2 N–H and O–H groups in total. The predicted octanol–water partition coefficient (Wildman–Crippen LogP) is 8.02. The van der Waals surface area contributed by atoms with Crippen LogP contribution in [0.3, 0.4) is 0 Å². The molecule has 10 rings (SSSR count). The molecule has 426 valence electrons. The average Bonchev–Trinajstić information content (AvgIpc) is 4.14. The van der Waals surface area contributed by atoms with Crippen LogP contribution in [0, 0.1) is 0 Å². The van der Waals surface area contributed by atoms with Crippen molar-refractivity contribution >= 4 is 89.7 Å². The first-order chi connectivity index (χ1) is 38.7. The van der Waals surface area contributed by atoms with Gasteiger partial charge in [-0.15, -0.1) is 20.4 Å². The Labute approximate surface area is 487 Å². The highest BCUT2D eigenvalue weighted by atomic mass is 79.9. The van der Waals surface area contributed by atoms with Gasteiger partial charge in [-0.05, 0) is 111 Å². The van der Waals surface area contributed by atoms with Crippen LogP contribution in [0.1, 0.15) is 69.8 Å². The number of rotatable bonds is 15. The molecule has 1 aliphatic carbocycles. The van der Waals surface area contributed by atoms with Crippen molar-refractivity contribution in [3.63, 3.8) is 0 Å². The van der Waals surface area contributed by atoms with E-state index in [4.69, 9.17) is 4.74 Å². The van der Waals surface area contributed by atoms with E-state index < -0.39 is 0 Å². The summed E-state index contributed by atoms with van der Waals surface area (Å²) >= 11 is 6.25. The van der Waals surface area contributed by atoms with Crippen LogP contribution >= 0.6 is 38.6 Å². The van der Waals surface area contributed by atoms with Gasteiger partial charge >= 0.3 is 11.9 Å². The number of methoxy groups -OCH3 is 2. The molecule has 0 unspecified atom stereocenters. The van der Waals surface area contributed by atoms with E-state index in [0.29, 0.717) is 35.9 Å². The Morgan fingerprint density at radius 2 is 0.850 bits per heavy atom. The predicted molar refractivity (Wildman–Crippen MR) is 322 cm³/mol. The lowest BCUT2D eigenvalue weighted by Gasteiger charge is -2.34. The first-order valence-electron chi connectivity index (χ1n) is 27.5. The lowest BCUT2D eigenvalue weighted by atomic mass is 9.82. The molecule has 3 aliphatic heterocycles. The Bertz CT molecular complexity index is 2850. The van der Waals surface area contributed by atoms with Gasteiger partial charge in [0.15, 0.2) is 0 Å². The number of hydrogen-bond donors (Lipinski definition) is 2. The van der Waals surface area contributed by atoms with E-state index in [0.717, 1.165) is 141 Å². The minimum atomic E-state index is -0.215. The number of aromatic nitrogens is 4. The highest BCUT2D eigenvalue weighted by molar-refractivity contribution is 9.10. The van der Waals surface area contributed by atoms with E-state index >= 15 is 0 Å². The molecule has 3 saturated heterocycles. The number of nitrogens with zero attached hydrogens (tertiary/aromatic N) is 10. The maximum Gasteiger partial charge on any atom is 0.309 e. The van der Waals surface area contributed by atoms with Crippen molar-refractivity contribution in [3.05, 3.63) is 134 Å². The molecule has 2 amide bonds. The summed E-state index contributed by atoms with van der Waals surface area (Å²) in [7, 11) is 9.26. The van der Waals surface area contributed by atoms with Gasteiger partial charge in [0, 0.05) is 112 Å². The molecule has 80 heavy (non-hydrogen) atoms. The van der Waals surface area contributed by atoms with Crippen LogP contribution < -0.4 is 25.3 Å². The molecule has 4 aromatic carbocycles. The number of hydrogen-bond acceptors (Lipinski definition) is 18. The largest absolute Gasteiger partial charge is 0.469 e. The normalized spacial score (nSPS) is 18.0. The van der Waals surface area contributed by atoms with Crippen molar-refractivity contribution in [2.45, 2.75) is 63.2 Å². The topological polar surface area (TPSA) is 182 Å². The Hall–Kier alpha value is -6.36. The summed E-state index contributed by atoms with van der Waals surface area (Å²) < 4.78 is 10.2. The second kappa shape index (κ2) is 29.9. The molecule has 0 radical (unpaired) electrons. The summed E-state index contributed by atoms with van der Waals surface area (Å²) in [5.41, 5.74) is 7.48. The Kier molecular flexibility index (Phi) is 22.3. The third-order valence-corrected chi connectivity index (χ3v) is 17.3. The zero-order chi connectivity index (χ0) is 56.4. The van der Waals surface area contributed by atoms with E-state index in [1.165, 1.54) is 54.0 Å². The molecular formula is C59H75BrN12O6S2. The van der Waals surface area contributed by atoms with E-state index in [1.54, 1.807) is 0 Å². The monoisotopic (exact) mass is 1190 g/mol. The van der Waals surface area contributed by atoms with Crippen LogP contribution in [-0.4, -0.2) is 173 Å². The number of carbonyl (C=O) groups is 4.